The van der Waals surface area contributed by atoms with Crippen molar-refractivity contribution in [2.45, 2.75) is 0 Å². The van der Waals surface area contributed by atoms with Gasteiger partial charge in [0.1, 0.15) is 11.3 Å². The normalized spacial score (nSPS) is 11.1. The molecule has 0 fully saturated rings. The van der Waals surface area contributed by atoms with Crippen LogP contribution in [0.15, 0.2) is 52.3 Å². The molecule has 0 saturated carbocycles. The summed E-state index contributed by atoms with van der Waals surface area (Å²) >= 11 is 1.52. The minimum absolute atomic E-state index is 0.0564. The molecule has 3 rings (SSSR count). The number of hydrogen-bond acceptors (Lipinski definition) is 4. The average Bonchev–Trinajstić information content (AvgIpc) is 3.13. The van der Waals surface area contributed by atoms with Crippen molar-refractivity contribution in [1.29, 1.82) is 0 Å². The first-order valence-corrected chi connectivity index (χ1v) is 7.37. The van der Waals surface area contributed by atoms with Crippen LogP contribution in [0.3, 0.4) is 0 Å². The van der Waals surface area contributed by atoms with E-state index < -0.39 is 5.91 Å². The Labute approximate surface area is 130 Å². The number of amides is 2. The minimum atomic E-state index is -0.728. The van der Waals surface area contributed by atoms with E-state index in [1.54, 1.807) is 30.3 Å². The fraction of sp³-hybridized carbons (Fsp3) is 0. The number of fused-ring (bicyclic) bond motifs is 1. The Hall–Kier alpha value is -2.86. The Bertz CT molecular complexity index is 863. The van der Waals surface area contributed by atoms with Crippen LogP contribution in [0.5, 0.6) is 0 Å². The summed E-state index contributed by atoms with van der Waals surface area (Å²) in [7, 11) is 0. The van der Waals surface area contributed by atoms with Gasteiger partial charge in [-0.25, -0.2) is 0 Å². The molecule has 2 aromatic heterocycles. The smallest absolute Gasteiger partial charge is 0.286 e. The standard InChI is InChI=1S/C16H12N2O3S/c17-16(20)15-14(11-5-1-2-6-12(11)21-15)18-13(19)8-7-10-4-3-9-22-10/h1-9H,(H2,17,20)(H,18,19)/b8-7+. The molecule has 3 N–H and O–H groups in total. The van der Waals surface area contributed by atoms with Gasteiger partial charge in [0.15, 0.2) is 0 Å². The third kappa shape index (κ3) is 2.77. The van der Waals surface area contributed by atoms with Crippen LogP contribution in [-0.2, 0) is 4.79 Å². The maximum atomic E-state index is 12.0. The van der Waals surface area contributed by atoms with Gasteiger partial charge in [0.05, 0.1) is 0 Å². The van der Waals surface area contributed by atoms with Crippen molar-refractivity contribution in [1.82, 2.24) is 0 Å². The van der Waals surface area contributed by atoms with Crippen molar-refractivity contribution in [3.63, 3.8) is 0 Å². The minimum Gasteiger partial charge on any atom is -0.449 e. The summed E-state index contributed by atoms with van der Waals surface area (Å²) < 4.78 is 5.40. The first kappa shape index (κ1) is 14.1. The number of nitrogens with one attached hydrogen (secondary N) is 1. The number of thiophene rings is 1. The van der Waals surface area contributed by atoms with E-state index in [4.69, 9.17) is 10.2 Å². The number of rotatable bonds is 4. The second-order valence-electron chi connectivity index (χ2n) is 4.50. The lowest BCUT2D eigenvalue weighted by atomic mass is 10.2. The maximum absolute atomic E-state index is 12.0. The predicted molar refractivity (Wildman–Crippen MR) is 86.7 cm³/mol. The number of anilines is 1. The van der Waals surface area contributed by atoms with Crippen LogP contribution in [-0.4, -0.2) is 11.8 Å². The second kappa shape index (κ2) is 5.87. The Morgan fingerprint density at radius 1 is 1.18 bits per heavy atom. The number of carbonyl (C=O) groups excluding carboxylic acids is 2. The van der Waals surface area contributed by atoms with Crippen LogP contribution in [0.25, 0.3) is 17.0 Å². The van der Waals surface area contributed by atoms with E-state index in [0.717, 1.165) is 4.88 Å². The van der Waals surface area contributed by atoms with Gasteiger partial charge in [0.25, 0.3) is 5.91 Å². The van der Waals surface area contributed by atoms with E-state index in [-0.39, 0.29) is 11.7 Å². The highest BCUT2D eigenvalue weighted by atomic mass is 32.1. The van der Waals surface area contributed by atoms with E-state index in [1.807, 2.05) is 17.5 Å². The largest absolute Gasteiger partial charge is 0.449 e. The third-order valence-electron chi connectivity index (χ3n) is 3.01. The number of furan rings is 1. The van der Waals surface area contributed by atoms with Gasteiger partial charge >= 0.3 is 0 Å². The lowest BCUT2D eigenvalue weighted by molar-refractivity contribution is -0.111. The van der Waals surface area contributed by atoms with Crippen LogP contribution in [0.4, 0.5) is 5.69 Å². The molecule has 5 nitrogen and oxygen atoms in total. The summed E-state index contributed by atoms with van der Waals surface area (Å²) in [5, 5.41) is 5.22. The summed E-state index contributed by atoms with van der Waals surface area (Å²) in [6.07, 6.45) is 3.10. The summed E-state index contributed by atoms with van der Waals surface area (Å²) in [4.78, 5) is 24.5. The third-order valence-corrected chi connectivity index (χ3v) is 3.85. The molecule has 6 heteroatoms. The topological polar surface area (TPSA) is 85.3 Å². The zero-order valence-corrected chi connectivity index (χ0v) is 12.2. The molecule has 0 aliphatic heterocycles. The number of benzene rings is 1. The zero-order chi connectivity index (χ0) is 15.5. The molecule has 3 aromatic rings. The first-order valence-electron chi connectivity index (χ1n) is 6.49. The van der Waals surface area contributed by atoms with Gasteiger partial charge < -0.3 is 15.5 Å². The molecule has 22 heavy (non-hydrogen) atoms. The van der Waals surface area contributed by atoms with Gasteiger partial charge in [-0.3, -0.25) is 9.59 Å². The van der Waals surface area contributed by atoms with Crippen molar-refractivity contribution in [3.05, 3.63) is 58.5 Å². The number of para-hydroxylation sites is 1. The van der Waals surface area contributed by atoms with Gasteiger partial charge in [0.2, 0.25) is 11.7 Å². The van der Waals surface area contributed by atoms with Crippen LogP contribution >= 0.6 is 11.3 Å². The second-order valence-corrected chi connectivity index (χ2v) is 5.48. The van der Waals surface area contributed by atoms with E-state index in [0.29, 0.717) is 16.7 Å². The predicted octanol–water partition coefficient (Wildman–Crippen LogP) is 3.25. The highest BCUT2D eigenvalue weighted by Crippen LogP contribution is 2.30. The quantitative estimate of drug-likeness (QED) is 0.725. The van der Waals surface area contributed by atoms with E-state index >= 15 is 0 Å². The monoisotopic (exact) mass is 312 g/mol. The molecule has 2 heterocycles. The van der Waals surface area contributed by atoms with Crippen molar-refractivity contribution < 1.29 is 14.0 Å². The van der Waals surface area contributed by atoms with E-state index in [1.165, 1.54) is 17.4 Å². The van der Waals surface area contributed by atoms with Crippen LogP contribution in [0.1, 0.15) is 15.4 Å². The van der Waals surface area contributed by atoms with Crippen molar-refractivity contribution >= 4 is 45.9 Å². The van der Waals surface area contributed by atoms with Gasteiger partial charge in [-0.1, -0.05) is 18.2 Å². The number of carbonyl (C=O) groups is 2. The average molecular weight is 312 g/mol. The summed E-state index contributed by atoms with van der Waals surface area (Å²) in [6, 6.07) is 10.8. The Morgan fingerprint density at radius 2 is 2.00 bits per heavy atom. The highest BCUT2D eigenvalue weighted by Gasteiger charge is 2.19. The summed E-state index contributed by atoms with van der Waals surface area (Å²) in [5.41, 5.74) is 6.09. The molecule has 0 bridgehead atoms. The number of primary amides is 1. The fourth-order valence-corrected chi connectivity index (χ4v) is 2.67. The van der Waals surface area contributed by atoms with Gasteiger partial charge in [-0.2, -0.15) is 0 Å². The zero-order valence-electron chi connectivity index (χ0n) is 11.4. The van der Waals surface area contributed by atoms with Crippen molar-refractivity contribution in [2.75, 3.05) is 5.32 Å². The van der Waals surface area contributed by atoms with Crippen LogP contribution in [0, 0.1) is 0 Å². The van der Waals surface area contributed by atoms with Crippen molar-refractivity contribution in [3.8, 4) is 0 Å². The first-order chi connectivity index (χ1) is 10.6. The molecule has 0 saturated heterocycles. The molecule has 0 spiro atoms. The highest BCUT2D eigenvalue weighted by molar-refractivity contribution is 7.10. The molecular weight excluding hydrogens is 300 g/mol. The lowest BCUT2D eigenvalue weighted by Crippen LogP contribution is -2.15. The number of hydrogen-bond donors (Lipinski definition) is 2. The Morgan fingerprint density at radius 3 is 2.73 bits per heavy atom. The van der Waals surface area contributed by atoms with Crippen LogP contribution < -0.4 is 11.1 Å². The lowest BCUT2D eigenvalue weighted by Gasteiger charge is -2.01. The van der Waals surface area contributed by atoms with E-state index in [2.05, 4.69) is 5.32 Å². The van der Waals surface area contributed by atoms with Gasteiger partial charge in [-0.15, -0.1) is 11.3 Å². The van der Waals surface area contributed by atoms with Gasteiger partial charge in [0, 0.05) is 16.3 Å². The molecule has 0 aliphatic carbocycles. The molecule has 0 unspecified atom stereocenters. The molecule has 110 valence electrons. The van der Waals surface area contributed by atoms with Gasteiger partial charge in [-0.05, 0) is 29.7 Å². The van der Waals surface area contributed by atoms with Crippen LogP contribution in [0.2, 0.25) is 0 Å². The summed E-state index contributed by atoms with van der Waals surface area (Å²) in [6.45, 7) is 0. The van der Waals surface area contributed by atoms with E-state index in [9.17, 15) is 9.59 Å². The molecule has 0 atom stereocenters. The Balaban J connectivity index is 1.91. The summed E-state index contributed by atoms with van der Waals surface area (Å²) in [5.74, 6) is -1.14. The molecular formula is C16H12N2O3S. The maximum Gasteiger partial charge on any atom is 0.286 e. The van der Waals surface area contributed by atoms with Crippen molar-refractivity contribution in [2.24, 2.45) is 5.73 Å². The Kier molecular flexibility index (Phi) is 3.76. The molecule has 0 radical (unpaired) electrons. The number of nitrogens with two attached hydrogens (primary N) is 1. The molecule has 0 aliphatic rings. The SMILES string of the molecule is NC(=O)c1oc2ccccc2c1NC(=O)/C=C/c1cccs1. The molecule has 1 aromatic carbocycles. The fourth-order valence-electron chi connectivity index (χ4n) is 2.05. The molecule has 2 amide bonds.